The maximum absolute atomic E-state index is 6.57. The van der Waals surface area contributed by atoms with Gasteiger partial charge in [0.1, 0.15) is 6.61 Å². The average Bonchev–Trinajstić information content (AvgIpc) is 3.56. The summed E-state index contributed by atoms with van der Waals surface area (Å²) in [5, 5.41) is 1.10. The van der Waals surface area contributed by atoms with E-state index < -0.39 is 11.5 Å². The lowest BCUT2D eigenvalue weighted by atomic mass is 9.44. The third-order valence-corrected chi connectivity index (χ3v) is 17.6. The maximum atomic E-state index is 6.57. The molecule has 0 radical (unpaired) electrons. The van der Waals surface area contributed by atoms with Gasteiger partial charge in [-0.3, -0.25) is 0 Å². The Balaban J connectivity index is 1.17. The van der Waals surface area contributed by atoms with Crippen LogP contribution >= 0.6 is 15.9 Å². The number of hydrogen-bond acceptors (Lipinski definition) is 4. The summed E-state index contributed by atoms with van der Waals surface area (Å²) in [6.45, 7) is 11.9. The largest absolute Gasteiger partial charge is 0.381 e. The van der Waals surface area contributed by atoms with E-state index in [0.29, 0.717) is 22.9 Å². The number of halogens is 1. The molecule has 0 amide bonds. The van der Waals surface area contributed by atoms with Crippen molar-refractivity contribution in [3.63, 3.8) is 0 Å². The fraction of sp³-hybridized carbons (Fsp3) is 0.960. The van der Waals surface area contributed by atoms with Gasteiger partial charge in [-0.2, -0.15) is 0 Å². The van der Waals surface area contributed by atoms with Crippen molar-refractivity contribution in [2.75, 3.05) is 31.9 Å². The zero-order chi connectivity index (χ0) is 40.1. The Morgan fingerprint density at radius 3 is 2.02 bits per heavy atom. The van der Waals surface area contributed by atoms with E-state index in [9.17, 15) is 0 Å². The van der Waals surface area contributed by atoms with Crippen LogP contribution in [0.25, 0.3) is 0 Å². The fourth-order valence-electron chi connectivity index (χ4n) is 12.6. The molecule has 0 aromatic heterocycles. The molecule has 0 saturated heterocycles. The smallest absolute Gasteiger partial charge is 0.314 e. The van der Waals surface area contributed by atoms with Crippen molar-refractivity contribution in [3.8, 4) is 0 Å². The highest BCUT2D eigenvalue weighted by Crippen LogP contribution is 2.68. The molecule has 328 valence electrons. The zero-order valence-electron chi connectivity index (χ0n) is 37.8. The van der Waals surface area contributed by atoms with Gasteiger partial charge in [-0.25, -0.2) is 0 Å². The summed E-state index contributed by atoms with van der Waals surface area (Å²) in [6.07, 6.45) is 45.7. The van der Waals surface area contributed by atoms with Crippen LogP contribution in [0.15, 0.2) is 12.2 Å². The minimum atomic E-state index is -0.521. The molecular formula is C50H92BrO4S+. The molecule has 6 heteroatoms. The number of unbranched alkanes of at least 4 members (excludes halogenated alkanes) is 15. The minimum Gasteiger partial charge on any atom is -0.381 e. The number of methoxy groups -OCH3 is 1. The van der Waals surface area contributed by atoms with Crippen molar-refractivity contribution in [1.29, 1.82) is 0 Å². The summed E-state index contributed by atoms with van der Waals surface area (Å²) >= 11 is 3.04. The van der Waals surface area contributed by atoms with Gasteiger partial charge in [0.2, 0.25) is 6.29 Å². The van der Waals surface area contributed by atoms with Crippen molar-refractivity contribution in [3.05, 3.63) is 12.2 Å². The first-order valence-electron chi connectivity index (χ1n) is 24.6. The second-order valence-electron chi connectivity index (χ2n) is 19.7. The van der Waals surface area contributed by atoms with Crippen molar-refractivity contribution in [2.24, 2.45) is 46.3 Å². The molecule has 0 aliphatic heterocycles. The Morgan fingerprint density at radius 2 is 1.32 bits per heavy atom. The van der Waals surface area contributed by atoms with E-state index in [-0.39, 0.29) is 6.29 Å². The molecule has 0 spiro atoms. The van der Waals surface area contributed by atoms with Crippen molar-refractivity contribution in [2.45, 2.75) is 226 Å². The number of rotatable bonds is 31. The van der Waals surface area contributed by atoms with E-state index >= 15 is 0 Å². The van der Waals surface area contributed by atoms with Gasteiger partial charge in [0, 0.05) is 25.5 Å². The lowest BCUT2D eigenvalue weighted by Gasteiger charge is -2.61. The van der Waals surface area contributed by atoms with Crippen LogP contribution in [0.5, 0.6) is 0 Å². The normalized spacial score (nSPS) is 31.9. The van der Waals surface area contributed by atoms with Crippen LogP contribution in [0, 0.1) is 46.3 Å². The molecule has 4 aliphatic carbocycles. The van der Waals surface area contributed by atoms with Crippen LogP contribution in [-0.2, 0) is 29.3 Å². The topological polar surface area (TPSA) is 36.9 Å². The number of alkyl halides is 1. The summed E-state index contributed by atoms with van der Waals surface area (Å²) in [5.41, 5.74) is 1.05. The van der Waals surface area contributed by atoms with Gasteiger partial charge in [0.25, 0.3) is 0 Å². The molecule has 4 fully saturated rings. The van der Waals surface area contributed by atoms with E-state index in [4.69, 9.17) is 17.8 Å². The predicted molar refractivity (Wildman–Crippen MR) is 246 cm³/mol. The van der Waals surface area contributed by atoms with Gasteiger partial charge in [-0.1, -0.05) is 126 Å². The molecule has 4 rings (SSSR count). The molecule has 7 unspecified atom stereocenters. The number of allylic oxidation sites excluding steroid dienone is 2. The number of hydrogen-bond donors (Lipinski definition) is 0. The molecule has 0 heterocycles. The van der Waals surface area contributed by atoms with Crippen molar-refractivity contribution < 1.29 is 17.8 Å². The first-order chi connectivity index (χ1) is 27.3. The monoisotopic (exact) mass is 868 g/mol. The fourth-order valence-corrected chi connectivity index (χ4v) is 13.9. The van der Waals surface area contributed by atoms with Gasteiger partial charge in [-0.15, -0.1) is 8.37 Å². The summed E-state index contributed by atoms with van der Waals surface area (Å²) < 4.78 is 25.2. The van der Waals surface area contributed by atoms with E-state index in [0.717, 1.165) is 67.4 Å². The molecule has 0 bridgehead atoms. The summed E-state index contributed by atoms with van der Waals surface area (Å²) in [7, 11) is 1.94. The Bertz CT molecular complexity index is 1040. The Kier molecular flexibility index (Phi) is 24.0. The van der Waals surface area contributed by atoms with Crippen LogP contribution in [0.3, 0.4) is 0 Å². The summed E-state index contributed by atoms with van der Waals surface area (Å²) in [6, 6.07) is 0. The van der Waals surface area contributed by atoms with Gasteiger partial charge < -0.3 is 9.47 Å². The van der Waals surface area contributed by atoms with Gasteiger partial charge in [0.05, 0.1) is 6.10 Å². The van der Waals surface area contributed by atoms with Gasteiger partial charge >= 0.3 is 11.5 Å². The molecule has 4 saturated carbocycles. The lowest BCUT2D eigenvalue weighted by Crippen LogP contribution is -2.54. The van der Waals surface area contributed by atoms with Gasteiger partial charge in [0.15, 0.2) is 6.26 Å². The number of fused-ring (bicyclic) bond motifs is 5. The lowest BCUT2D eigenvalue weighted by molar-refractivity contribution is -0.133. The Labute approximate surface area is 360 Å². The van der Waals surface area contributed by atoms with E-state index in [2.05, 4.69) is 62.0 Å². The Hall–Kier alpha value is 0.410. The van der Waals surface area contributed by atoms with E-state index in [1.165, 1.54) is 167 Å². The van der Waals surface area contributed by atoms with Crippen molar-refractivity contribution >= 4 is 27.4 Å². The van der Waals surface area contributed by atoms with Crippen LogP contribution in [0.1, 0.15) is 214 Å². The average molecular weight is 869 g/mol. The van der Waals surface area contributed by atoms with Crippen LogP contribution in [0.4, 0.5) is 0 Å². The third-order valence-electron chi connectivity index (χ3n) is 16.0. The van der Waals surface area contributed by atoms with Gasteiger partial charge in [-0.05, 0) is 155 Å². The standard InChI is InChI=1S/C50H92BrO4S/c1-7-8-9-10-11-12-13-14-15-16-17-18-19-20-22-25-38-53-48(55-56(6)54-39-26-23-21-24-37-51)32-27-41(2)45-30-31-46-44-29-28-42-40-43(52-5)33-35-49(42,3)47(44)34-36-50(45,46)4/h14-15,41-48H,7-13,16-40H2,1-6H3/q+1/b15-14-/t41-,42?,43-,44?,45?,46?,47?,48?,49+,50-,56?/m1/s1. The predicted octanol–water partition coefficient (Wildman–Crippen LogP) is 15.5. The maximum Gasteiger partial charge on any atom is 0.314 e. The van der Waals surface area contributed by atoms with Crippen LogP contribution < -0.4 is 0 Å². The number of ether oxygens (including phenoxy) is 2. The zero-order valence-corrected chi connectivity index (χ0v) is 40.2. The van der Waals surface area contributed by atoms with E-state index in [1.807, 2.05) is 7.11 Å². The molecule has 0 aromatic rings. The molecule has 56 heavy (non-hydrogen) atoms. The van der Waals surface area contributed by atoms with Crippen LogP contribution in [0.2, 0.25) is 0 Å². The molecule has 0 N–H and O–H groups in total. The highest BCUT2D eigenvalue weighted by Gasteiger charge is 2.60. The van der Waals surface area contributed by atoms with Crippen LogP contribution in [-0.4, -0.2) is 44.3 Å². The molecule has 4 nitrogen and oxygen atoms in total. The SMILES string of the molecule is CCCCCCCC/C=C\CCCCCCCCOC(CC[C@@H](C)C1CCC2C3CCC4C[C@H](OC)CC[C@]4(C)C3CC[C@@]21C)O[S+](C)OCCCCCCBr. The highest BCUT2D eigenvalue weighted by atomic mass is 79.9. The molecule has 0 aromatic carbocycles. The van der Waals surface area contributed by atoms with E-state index in [1.54, 1.807) is 0 Å². The van der Waals surface area contributed by atoms with Crippen molar-refractivity contribution in [1.82, 2.24) is 0 Å². The molecule has 4 aliphatic rings. The molecule has 11 atom stereocenters. The third kappa shape index (κ3) is 15.4. The minimum absolute atomic E-state index is 0.152. The first kappa shape index (κ1) is 49.1. The second-order valence-corrected chi connectivity index (χ2v) is 21.8. The highest BCUT2D eigenvalue weighted by molar-refractivity contribution is 9.09. The second kappa shape index (κ2) is 27.4. The summed E-state index contributed by atoms with van der Waals surface area (Å²) in [5.74, 6) is 5.22. The first-order valence-corrected chi connectivity index (χ1v) is 27.2. The summed E-state index contributed by atoms with van der Waals surface area (Å²) in [4.78, 5) is 0. The molecular weight excluding hydrogens is 777 g/mol. The quantitative estimate of drug-likeness (QED) is 0.0229. The Morgan fingerprint density at radius 1 is 0.696 bits per heavy atom.